The first-order chi connectivity index (χ1) is 5.93. The summed E-state index contributed by atoms with van der Waals surface area (Å²) in [6.07, 6.45) is 18.5. The van der Waals surface area contributed by atoms with Crippen molar-refractivity contribution >= 4 is 0 Å². The molecule has 0 bridgehead atoms. The van der Waals surface area contributed by atoms with Gasteiger partial charge in [0, 0.05) is 0 Å². The molecule has 0 heteroatoms. The lowest BCUT2D eigenvalue weighted by Crippen LogP contribution is -1.79. The molecule has 0 saturated heterocycles. The van der Waals surface area contributed by atoms with Gasteiger partial charge >= 0.3 is 0 Å². The van der Waals surface area contributed by atoms with Gasteiger partial charge in [-0.05, 0) is 18.4 Å². The van der Waals surface area contributed by atoms with Crippen LogP contribution in [0.25, 0.3) is 0 Å². The zero-order chi connectivity index (χ0) is 8.65. The van der Waals surface area contributed by atoms with Crippen molar-refractivity contribution in [3.8, 4) is 0 Å². The minimum absolute atomic E-state index is 1.20. The molecule has 0 heterocycles. The van der Waals surface area contributed by atoms with E-state index in [4.69, 9.17) is 0 Å². The van der Waals surface area contributed by atoms with Gasteiger partial charge < -0.3 is 0 Å². The van der Waals surface area contributed by atoms with E-state index in [9.17, 15) is 0 Å². The molecule has 64 valence electrons. The van der Waals surface area contributed by atoms with Crippen molar-refractivity contribution in [2.24, 2.45) is 0 Å². The second-order valence-corrected chi connectivity index (χ2v) is 2.97. The summed E-state index contributed by atoms with van der Waals surface area (Å²) < 4.78 is 0. The van der Waals surface area contributed by atoms with Gasteiger partial charge in [-0.25, -0.2) is 0 Å². The van der Waals surface area contributed by atoms with Crippen LogP contribution in [-0.2, 0) is 0 Å². The first-order valence-electron chi connectivity index (χ1n) is 4.64. The summed E-state index contributed by atoms with van der Waals surface area (Å²) in [4.78, 5) is 0. The van der Waals surface area contributed by atoms with Crippen LogP contribution >= 0.6 is 0 Å². The lowest BCUT2D eigenvalue weighted by atomic mass is 10.1. The van der Waals surface area contributed by atoms with Gasteiger partial charge in [0.15, 0.2) is 0 Å². The summed E-state index contributed by atoms with van der Waals surface area (Å²) in [5.74, 6) is 0. The van der Waals surface area contributed by atoms with Crippen molar-refractivity contribution in [3.05, 3.63) is 48.1 Å². The minimum atomic E-state index is 1.20. The van der Waals surface area contributed by atoms with E-state index in [1.807, 2.05) is 6.08 Å². The van der Waals surface area contributed by atoms with Crippen molar-refractivity contribution in [2.75, 3.05) is 0 Å². The van der Waals surface area contributed by atoms with Crippen LogP contribution in [0.4, 0.5) is 0 Å². The van der Waals surface area contributed by atoms with Crippen molar-refractivity contribution < 1.29 is 0 Å². The Morgan fingerprint density at radius 1 is 1.00 bits per heavy atom. The molecule has 1 aliphatic carbocycles. The van der Waals surface area contributed by atoms with E-state index < -0.39 is 0 Å². The predicted octanol–water partition coefficient (Wildman–Crippen LogP) is 3.79. The highest BCUT2D eigenvalue weighted by Gasteiger charge is 1.90. The zero-order valence-electron chi connectivity index (χ0n) is 7.66. The minimum Gasteiger partial charge on any atom is -0.0654 e. The van der Waals surface area contributed by atoms with Gasteiger partial charge in [0.2, 0.25) is 0 Å². The summed E-state index contributed by atoms with van der Waals surface area (Å²) in [5.41, 5.74) is 1.43. The maximum atomic E-state index is 2.23. The van der Waals surface area contributed by atoms with Gasteiger partial charge in [-0.15, -0.1) is 0 Å². The summed E-state index contributed by atoms with van der Waals surface area (Å²) in [5, 5.41) is 0. The average Bonchev–Trinajstić information content (AvgIpc) is 2.02. The fraction of sp³-hybridized carbons (Fsp3) is 0.333. The molecule has 0 atom stereocenters. The second-order valence-electron chi connectivity index (χ2n) is 2.97. The SMILES string of the molecule is CCCCC1=C/C=C\C=C/C=C1. The molecule has 1 rings (SSSR count). The lowest BCUT2D eigenvalue weighted by Gasteiger charge is -1.99. The first kappa shape index (κ1) is 9.05. The van der Waals surface area contributed by atoms with Crippen LogP contribution in [0.3, 0.4) is 0 Å². The summed E-state index contributed by atoms with van der Waals surface area (Å²) >= 11 is 0. The second kappa shape index (κ2) is 5.59. The molecule has 1 aliphatic rings. The molecule has 0 unspecified atom stereocenters. The molecule has 0 amide bonds. The van der Waals surface area contributed by atoms with E-state index in [2.05, 4.69) is 43.4 Å². The van der Waals surface area contributed by atoms with Gasteiger partial charge in [0.1, 0.15) is 0 Å². The standard InChI is InChI=1S/C12H16/c1-2-3-9-12-10-7-5-4-6-8-11-12/h4-8,10-11H,2-3,9H2,1H3/b5-4-,6-4?,7-5?,8-6-,10-7?,11-8?,12-10?,12-11?. The van der Waals surface area contributed by atoms with Gasteiger partial charge in [-0.1, -0.05) is 55.9 Å². The predicted molar refractivity (Wildman–Crippen MR) is 55.0 cm³/mol. The highest BCUT2D eigenvalue weighted by atomic mass is 14.0. The number of allylic oxidation sites excluding steroid dienone is 8. The van der Waals surface area contributed by atoms with E-state index in [1.165, 1.54) is 24.8 Å². The average molecular weight is 160 g/mol. The molecule has 0 aliphatic heterocycles. The largest absolute Gasteiger partial charge is 0.0654 e. The van der Waals surface area contributed by atoms with Gasteiger partial charge in [-0.3, -0.25) is 0 Å². The Bertz CT molecular complexity index is 226. The maximum absolute atomic E-state index is 2.23. The van der Waals surface area contributed by atoms with Gasteiger partial charge in [0.05, 0.1) is 0 Å². The van der Waals surface area contributed by atoms with Crippen molar-refractivity contribution in [1.29, 1.82) is 0 Å². The Hall–Kier alpha value is -1.04. The molecule has 0 fully saturated rings. The van der Waals surface area contributed by atoms with Crippen LogP contribution < -0.4 is 0 Å². The number of hydrogen-bond donors (Lipinski definition) is 0. The summed E-state index contributed by atoms with van der Waals surface area (Å²) in [6, 6.07) is 0. The van der Waals surface area contributed by atoms with Gasteiger partial charge in [-0.2, -0.15) is 0 Å². The van der Waals surface area contributed by atoms with Gasteiger partial charge in [0.25, 0.3) is 0 Å². The molecule has 0 radical (unpaired) electrons. The van der Waals surface area contributed by atoms with Crippen molar-refractivity contribution in [1.82, 2.24) is 0 Å². The molecular formula is C12H16. The Morgan fingerprint density at radius 2 is 1.75 bits per heavy atom. The summed E-state index contributed by atoms with van der Waals surface area (Å²) in [7, 11) is 0. The smallest absolute Gasteiger partial charge is 0.0279 e. The number of rotatable bonds is 3. The van der Waals surface area contributed by atoms with Crippen LogP contribution in [0.2, 0.25) is 0 Å². The zero-order valence-corrected chi connectivity index (χ0v) is 7.66. The van der Waals surface area contributed by atoms with Crippen molar-refractivity contribution in [2.45, 2.75) is 26.2 Å². The van der Waals surface area contributed by atoms with E-state index in [0.717, 1.165) is 0 Å². The lowest BCUT2D eigenvalue weighted by molar-refractivity contribution is 0.798. The molecule has 0 saturated carbocycles. The van der Waals surface area contributed by atoms with Crippen LogP contribution in [0.5, 0.6) is 0 Å². The molecule has 0 spiro atoms. The fourth-order valence-electron chi connectivity index (χ4n) is 1.15. The highest BCUT2D eigenvalue weighted by Crippen LogP contribution is 2.10. The first-order valence-corrected chi connectivity index (χ1v) is 4.64. The van der Waals surface area contributed by atoms with Crippen LogP contribution in [0.15, 0.2) is 48.1 Å². The molecule has 0 aromatic rings. The third-order valence-electron chi connectivity index (χ3n) is 1.88. The van der Waals surface area contributed by atoms with E-state index >= 15 is 0 Å². The Labute approximate surface area is 75.0 Å². The molecule has 12 heavy (non-hydrogen) atoms. The molecule has 0 aromatic carbocycles. The van der Waals surface area contributed by atoms with E-state index in [-0.39, 0.29) is 0 Å². The number of hydrogen-bond acceptors (Lipinski definition) is 0. The van der Waals surface area contributed by atoms with Crippen molar-refractivity contribution in [3.63, 3.8) is 0 Å². The topological polar surface area (TPSA) is 0 Å². The maximum Gasteiger partial charge on any atom is -0.0279 e. The molecule has 0 N–H and O–H groups in total. The third kappa shape index (κ3) is 3.38. The normalized spacial score (nSPS) is 20.9. The Morgan fingerprint density at radius 3 is 2.58 bits per heavy atom. The summed E-state index contributed by atoms with van der Waals surface area (Å²) in [6.45, 7) is 2.23. The third-order valence-corrected chi connectivity index (χ3v) is 1.88. The molecular weight excluding hydrogens is 144 g/mol. The molecule has 0 nitrogen and oxygen atoms in total. The molecule has 0 aromatic heterocycles. The number of unbranched alkanes of at least 4 members (excludes halogenated alkanes) is 1. The van der Waals surface area contributed by atoms with Crippen LogP contribution in [0.1, 0.15) is 26.2 Å². The van der Waals surface area contributed by atoms with Crippen LogP contribution in [-0.4, -0.2) is 0 Å². The fourth-order valence-corrected chi connectivity index (χ4v) is 1.15. The van der Waals surface area contributed by atoms with E-state index in [0.29, 0.717) is 0 Å². The monoisotopic (exact) mass is 160 g/mol. The van der Waals surface area contributed by atoms with Crippen LogP contribution in [0, 0.1) is 0 Å². The van der Waals surface area contributed by atoms with E-state index in [1.54, 1.807) is 0 Å². The quantitative estimate of drug-likeness (QED) is 0.589. The Balaban J connectivity index is 2.50. The highest BCUT2D eigenvalue weighted by molar-refractivity contribution is 5.30. The Kier molecular flexibility index (Phi) is 4.22.